The molecule has 1 aliphatic rings. The van der Waals surface area contributed by atoms with Gasteiger partial charge in [-0.25, -0.2) is 4.39 Å². The van der Waals surface area contributed by atoms with E-state index in [9.17, 15) is 4.39 Å². The lowest BCUT2D eigenvalue weighted by Crippen LogP contribution is -2.13. The molecular weight excluding hydrogens is 317 g/mol. The van der Waals surface area contributed by atoms with Crippen molar-refractivity contribution in [1.29, 1.82) is 0 Å². The maximum absolute atomic E-state index is 13.4. The first-order valence-electron chi connectivity index (χ1n) is 6.91. The lowest BCUT2D eigenvalue weighted by atomic mass is 10.0. The minimum atomic E-state index is -0.214. The van der Waals surface area contributed by atoms with Crippen molar-refractivity contribution in [3.8, 4) is 0 Å². The third-order valence-electron chi connectivity index (χ3n) is 3.77. The van der Waals surface area contributed by atoms with Crippen LogP contribution in [0, 0.1) is 18.7 Å². The van der Waals surface area contributed by atoms with Gasteiger partial charge in [-0.05, 0) is 65.4 Å². The van der Waals surface area contributed by atoms with Crippen molar-refractivity contribution < 1.29 is 4.39 Å². The number of halogens is 2. The quantitative estimate of drug-likeness (QED) is 0.783. The van der Waals surface area contributed by atoms with Crippen LogP contribution in [0.1, 0.15) is 30.0 Å². The number of anilines is 1. The van der Waals surface area contributed by atoms with Crippen LogP contribution in [-0.4, -0.2) is 0 Å². The Bertz CT molecular complexity index is 605. The molecule has 0 aliphatic heterocycles. The van der Waals surface area contributed by atoms with Crippen molar-refractivity contribution in [3.05, 3.63) is 63.9 Å². The summed E-state index contributed by atoms with van der Waals surface area (Å²) in [6.45, 7) is 2.09. The number of hydrogen-bond donors (Lipinski definition) is 1. The molecule has 1 fully saturated rings. The Kier molecular flexibility index (Phi) is 3.79. The average Bonchev–Trinajstić information content (AvgIpc) is 3.25. The summed E-state index contributed by atoms with van der Waals surface area (Å²) in [5, 5.41) is 3.50. The van der Waals surface area contributed by atoms with Crippen molar-refractivity contribution >= 4 is 21.6 Å². The van der Waals surface area contributed by atoms with Gasteiger partial charge in [0.25, 0.3) is 0 Å². The van der Waals surface area contributed by atoms with E-state index in [-0.39, 0.29) is 11.9 Å². The van der Waals surface area contributed by atoms with Gasteiger partial charge in [-0.15, -0.1) is 0 Å². The monoisotopic (exact) mass is 333 g/mol. The summed E-state index contributed by atoms with van der Waals surface area (Å²) in [5.41, 5.74) is 3.35. The van der Waals surface area contributed by atoms with E-state index in [1.165, 1.54) is 30.0 Å². The fourth-order valence-electron chi connectivity index (χ4n) is 2.45. The Balaban J connectivity index is 1.88. The van der Waals surface area contributed by atoms with Gasteiger partial charge < -0.3 is 5.32 Å². The van der Waals surface area contributed by atoms with Crippen molar-refractivity contribution in [2.24, 2.45) is 5.92 Å². The minimum absolute atomic E-state index is 0.214. The first-order chi connectivity index (χ1) is 9.63. The standard InChI is InChI=1S/C17H17BrFN/c1-11-2-4-12(5-3-11)17(13-6-7-13)20-16-10-14(19)8-9-15(16)18/h2-5,8-10,13,17,20H,6-7H2,1H3. The Morgan fingerprint density at radius 3 is 2.50 bits per heavy atom. The third-order valence-corrected chi connectivity index (χ3v) is 4.46. The van der Waals surface area contributed by atoms with E-state index in [0.717, 1.165) is 10.2 Å². The predicted octanol–water partition coefficient (Wildman–Crippen LogP) is 5.46. The van der Waals surface area contributed by atoms with E-state index in [1.54, 1.807) is 12.1 Å². The molecule has 1 unspecified atom stereocenters. The van der Waals surface area contributed by atoms with Crippen LogP contribution in [0.2, 0.25) is 0 Å². The van der Waals surface area contributed by atoms with Crippen molar-refractivity contribution in [1.82, 2.24) is 0 Å². The van der Waals surface area contributed by atoms with Crippen LogP contribution >= 0.6 is 15.9 Å². The topological polar surface area (TPSA) is 12.0 Å². The molecule has 1 nitrogen and oxygen atoms in total. The summed E-state index contributed by atoms with van der Waals surface area (Å²) in [4.78, 5) is 0. The second kappa shape index (κ2) is 5.57. The average molecular weight is 334 g/mol. The smallest absolute Gasteiger partial charge is 0.125 e. The van der Waals surface area contributed by atoms with Crippen LogP contribution in [0.5, 0.6) is 0 Å². The molecule has 1 aliphatic carbocycles. The van der Waals surface area contributed by atoms with Gasteiger partial charge in [0.1, 0.15) is 5.82 Å². The molecule has 20 heavy (non-hydrogen) atoms. The molecule has 0 aromatic heterocycles. The fourth-order valence-corrected chi connectivity index (χ4v) is 2.81. The van der Waals surface area contributed by atoms with Gasteiger partial charge in [0.2, 0.25) is 0 Å². The van der Waals surface area contributed by atoms with Gasteiger partial charge in [0, 0.05) is 4.47 Å². The Morgan fingerprint density at radius 1 is 1.15 bits per heavy atom. The van der Waals surface area contributed by atoms with Crippen LogP contribution in [0.3, 0.4) is 0 Å². The van der Waals surface area contributed by atoms with Crippen LogP contribution in [-0.2, 0) is 0 Å². The number of hydrogen-bond acceptors (Lipinski definition) is 1. The van der Waals surface area contributed by atoms with E-state index >= 15 is 0 Å². The summed E-state index contributed by atoms with van der Waals surface area (Å²) in [6, 6.07) is 13.6. The summed E-state index contributed by atoms with van der Waals surface area (Å²) >= 11 is 3.48. The lowest BCUT2D eigenvalue weighted by Gasteiger charge is -2.21. The van der Waals surface area contributed by atoms with Crippen molar-refractivity contribution in [2.45, 2.75) is 25.8 Å². The molecule has 0 amide bonds. The fraction of sp³-hybridized carbons (Fsp3) is 0.294. The van der Waals surface area contributed by atoms with Crippen LogP contribution in [0.15, 0.2) is 46.9 Å². The molecule has 2 aromatic carbocycles. The van der Waals surface area contributed by atoms with Gasteiger partial charge in [-0.3, -0.25) is 0 Å². The number of rotatable bonds is 4. The molecule has 1 saturated carbocycles. The van der Waals surface area contributed by atoms with E-state index in [4.69, 9.17) is 0 Å². The normalized spacial score (nSPS) is 15.9. The van der Waals surface area contributed by atoms with Gasteiger partial charge in [-0.1, -0.05) is 29.8 Å². The highest BCUT2D eigenvalue weighted by atomic mass is 79.9. The first kappa shape index (κ1) is 13.6. The summed E-state index contributed by atoms with van der Waals surface area (Å²) in [6.07, 6.45) is 2.47. The molecule has 3 heteroatoms. The summed E-state index contributed by atoms with van der Waals surface area (Å²) < 4.78 is 14.3. The minimum Gasteiger partial charge on any atom is -0.377 e. The van der Waals surface area contributed by atoms with E-state index in [2.05, 4.69) is 52.4 Å². The molecule has 0 bridgehead atoms. The first-order valence-corrected chi connectivity index (χ1v) is 7.71. The lowest BCUT2D eigenvalue weighted by molar-refractivity contribution is 0.625. The Labute approximate surface area is 127 Å². The largest absolute Gasteiger partial charge is 0.377 e. The number of nitrogens with one attached hydrogen (secondary N) is 1. The zero-order chi connectivity index (χ0) is 14.1. The number of benzene rings is 2. The van der Waals surface area contributed by atoms with Gasteiger partial charge >= 0.3 is 0 Å². The molecule has 3 rings (SSSR count). The SMILES string of the molecule is Cc1ccc(C(Nc2cc(F)ccc2Br)C2CC2)cc1. The van der Waals surface area contributed by atoms with Crippen molar-refractivity contribution in [2.75, 3.05) is 5.32 Å². The molecule has 0 heterocycles. The number of aryl methyl sites for hydroxylation is 1. The molecule has 104 valence electrons. The molecule has 0 radical (unpaired) electrons. The van der Waals surface area contributed by atoms with Crippen LogP contribution in [0.4, 0.5) is 10.1 Å². The Morgan fingerprint density at radius 2 is 1.85 bits per heavy atom. The molecule has 1 N–H and O–H groups in total. The predicted molar refractivity (Wildman–Crippen MR) is 84.4 cm³/mol. The third kappa shape index (κ3) is 3.04. The highest BCUT2D eigenvalue weighted by Gasteiger charge is 2.32. The summed E-state index contributed by atoms with van der Waals surface area (Å²) in [7, 11) is 0. The van der Waals surface area contributed by atoms with Crippen LogP contribution < -0.4 is 5.32 Å². The van der Waals surface area contributed by atoms with Gasteiger partial charge in [-0.2, -0.15) is 0 Å². The van der Waals surface area contributed by atoms with Crippen molar-refractivity contribution in [3.63, 3.8) is 0 Å². The molecule has 2 aromatic rings. The zero-order valence-corrected chi connectivity index (χ0v) is 13.0. The maximum atomic E-state index is 13.4. The zero-order valence-electron chi connectivity index (χ0n) is 11.4. The van der Waals surface area contributed by atoms with Gasteiger partial charge in [0.15, 0.2) is 0 Å². The second-order valence-electron chi connectivity index (χ2n) is 5.49. The Hall–Kier alpha value is -1.35. The van der Waals surface area contributed by atoms with Crippen LogP contribution in [0.25, 0.3) is 0 Å². The maximum Gasteiger partial charge on any atom is 0.125 e. The second-order valence-corrected chi connectivity index (χ2v) is 6.35. The molecule has 0 spiro atoms. The van der Waals surface area contributed by atoms with Gasteiger partial charge in [0.05, 0.1) is 11.7 Å². The highest BCUT2D eigenvalue weighted by Crippen LogP contribution is 2.43. The summed E-state index contributed by atoms with van der Waals surface area (Å²) in [5.74, 6) is 0.432. The van der Waals surface area contributed by atoms with E-state index in [1.807, 2.05) is 0 Å². The molecular formula is C17H17BrFN. The van der Waals surface area contributed by atoms with E-state index < -0.39 is 0 Å². The van der Waals surface area contributed by atoms with E-state index in [0.29, 0.717) is 5.92 Å². The molecule has 0 saturated heterocycles. The highest BCUT2D eigenvalue weighted by molar-refractivity contribution is 9.10. The molecule has 1 atom stereocenters.